The predicted molar refractivity (Wildman–Crippen MR) is 162 cm³/mol. The van der Waals surface area contributed by atoms with Gasteiger partial charge in [-0.3, -0.25) is 0 Å². The number of benzene rings is 3. The highest BCUT2D eigenvalue weighted by Gasteiger charge is 2.21. The van der Waals surface area contributed by atoms with Crippen molar-refractivity contribution >= 4 is 26.8 Å². The molecule has 2 heterocycles. The maximum Gasteiger partial charge on any atom is 0.184 e. The van der Waals surface area contributed by atoms with Gasteiger partial charge < -0.3 is 20.2 Å². The number of nitrogens with zero attached hydrogens (tertiary/aromatic N) is 3. The molecule has 0 aliphatic heterocycles. The fourth-order valence-corrected chi connectivity index (χ4v) is 5.17. The van der Waals surface area contributed by atoms with Crippen molar-refractivity contribution in [1.29, 1.82) is 0 Å². The third-order valence-electron chi connectivity index (χ3n) is 6.96. The highest BCUT2D eigenvalue weighted by atomic mass is 79.9. The van der Waals surface area contributed by atoms with Crippen molar-refractivity contribution in [1.82, 2.24) is 19.7 Å². The zero-order valence-electron chi connectivity index (χ0n) is 23.2. The number of H-pyrrole nitrogens is 1. The van der Waals surface area contributed by atoms with Gasteiger partial charge in [-0.1, -0.05) is 34.0 Å². The van der Waals surface area contributed by atoms with Crippen molar-refractivity contribution in [2.45, 2.75) is 44.9 Å². The Morgan fingerprint density at radius 2 is 1.98 bits per heavy atom. The van der Waals surface area contributed by atoms with E-state index in [4.69, 9.17) is 21.6 Å². The third kappa shape index (κ3) is 6.39. The zero-order valence-corrected chi connectivity index (χ0v) is 24.8. The number of terminal acetylenes is 1. The van der Waals surface area contributed by atoms with E-state index < -0.39 is 17.2 Å². The predicted octanol–water partition coefficient (Wildman–Crippen LogP) is 7.52. The van der Waals surface area contributed by atoms with Crippen molar-refractivity contribution in [3.05, 3.63) is 94.4 Å². The van der Waals surface area contributed by atoms with Gasteiger partial charge in [0.2, 0.25) is 0 Å². The van der Waals surface area contributed by atoms with Crippen LogP contribution >= 0.6 is 15.9 Å². The van der Waals surface area contributed by atoms with Crippen LogP contribution in [0.5, 0.6) is 11.5 Å². The van der Waals surface area contributed by atoms with Crippen molar-refractivity contribution in [2.75, 3.05) is 6.61 Å². The van der Waals surface area contributed by atoms with Crippen molar-refractivity contribution in [3.63, 3.8) is 0 Å². The smallest absolute Gasteiger partial charge is 0.184 e. The first-order chi connectivity index (χ1) is 20.2. The van der Waals surface area contributed by atoms with Crippen LogP contribution in [0.15, 0.2) is 71.6 Å². The molecule has 5 aromatic rings. The Balaban J connectivity index is 1.43. The number of nitrogens with two attached hydrogens (primary N) is 1. The highest BCUT2D eigenvalue weighted by molar-refractivity contribution is 9.10. The van der Waals surface area contributed by atoms with Gasteiger partial charge in [0.05, 0.1) is 11.6 Å². The molecular weight excluding hydrogens is 604 g/mol. The fraction of sp³-hybridized carbons (Fsp3) is 0.250. The molecule has 0 bridgehead atoms. The molecule has 1 unspecified atom stereocenters. The maximum atomic E-state index is 15.1. The van der Waals surface area contributed by atoms with Crippen LogP contribution in [0.2, 0.25) is 0 Å². The minimum atomic E-state index is -0.655. The van der Waals surface area contributed by atoms with Crippen LogP contribution in [0.1, 0.15) is 43.9 Å². The Hall–Kier alpha value is -4.04. The summed E-state index contributed by atoms with van der Waals surface area (Å²) in [4.78, 5) is 7.40. The Morgan fingerprint density at radius 1 is 1.14 bits per heavy atom. The summed E-state index contributed by atoms with van der Waals surface area (Å²) in [6.45, 7) is 4.22. The molecule has 0 saturated carbocycles. The summed E-state index contributed by atoms with van der Waals surface area (Å²) in [6.07, 6.45) is 10.2. The van der Waals surface area contributed by atoms with E-state index in [1.54, 1.807) is 23.3 Å². The molecule has 0 aliphatic rings. The van der Waals surface area contributed by atoms with Gasteiger partial charge in [0.1, 0.15) is 23.5 Å². The molecule has 0 fully saturated rings. The van der Waals surface area contributed by atoms with Crippen molar-refractivity contribution in [3.8, 4) is 35.2 Å². The van der Waals surface area contributed by atoms with Gasteiger partial charge in [-0.2, -0.15) is 5.10 Å². The minimum Gasteiger partial charge on any atom is -0.454 e. The Bertz CT molecular complexity index is 1760. The molecule has 3 aromatic carbocycles. The second kappa shape index (κ2) is 12.4. The number of hydrogen-bond acceptors (Lipinski definition) is 5. The third-order valence-corrected chi connectivity index (χ3v) is 7.46. The van der Waals surface area contributed by atoms with E-state index in [9.17, 15) is 0 Å². The Morgan fingerprint density at radius 3 is 2.74 bits per heavy atom. The summed E-state index contributed by atoms with van der Waals surface area (Å²) >= 11 is 3.54. The molecular formula is C32H30BrF2N5O2. The lowest BCUT2D eigenvalue weighted by Gasteiger charge is -2.21. The quantitative estimate of drug-likeness (QED) is 0.116. The molecule has 2 aromatic heterocycles. The van der Waals surface area contributed by atoms with Crippen molar-refractivity contribution < 1.29 is 18.3 Å². The van der Waals surface area contributed by atoms with Gasteiger partial charge in [0.25, 0.3) is 0 Å². The number of fused-ring (bicyclic) bond motifs is 1. The topological polar surface area (TPSA) is 91.0 Å². The highest BCUT2D eigenvalue weighted by Crippen LogP contribution is 2.36. The standard InChI is InChI=1S/C32H30BrF2N5O2/c1-4-32(2,3)41-14-6-9-29(20-7-5-8-21(33)15-20)40-19-38-31(39-40)24-16-22(10-11-26(24)34)42-30-25(18-36)23-12-13-37-28(23)17-27(30)35/h1,5,7-8,10-13,15-17,19,29,37H,6,9,14,18,36H2,2-3H3. The van der Waals surface area contributed by atoms with E-state index in [0.717, 1.165) is 15.4 Å². The van der Waals surface area contributed by atoms with Gasteiger partial charge in [0, 0.05) is 46.4 Å². The summed E-state index contributed by atoms with van der Waals surface area (Å²) in [6, 6.07) is 15.0. The number of aromatic amines is 1. The van der Waals surface area contributed by atoms with Crippen LogP contribution in [-0.2, 0) is 11.3 Å². The first-order valence-corrected chi connectivity index (χ1v) is 14.2. The molecule has 0 spiro atoms. The largest absolute Gasteiger partial charge is 0.454 e. The molecule has 10 heteroatoms. The molecule has 5 rings (SSSR count). The zero-order chi connectivity index (χ0) is 29.9. The number of halogens is 3. The number of nitrogens with one attached hydrogen (secondary N) is 1. The average molecular weight is 635 g/mol. The molecule has 1 atom stereocenters. The van der Waals surface area contributed by atoms with Crippen LogP contribution in [0.3, 0.4) is 0 Å². The molecule has 216 valence electrons. The Kier molecular flexibility index (Phi) is 8.73. The molecule has 42 heavy (non-hydrogen) atoms. The lowest BCUT2D eigenvalue weighted by molar-refractivity contribution is 0.0239. The van der Waals surface area contributed by atoms with Crippen LogP contribution in [0, 0.1) is 24.0 Å². The van der Waals surface area contributed by atoms with Gasteiger partial charge in [-0.05, 0) is 68.7 Å². The van der Waals surface area contributed by atoms with Gasteiger partial charge in [-0.25, -0.2) is 18.4 Å². The summed E-state index contributed by atoms with van der Waals surface area (Å²) in [5.41, 5.74) is 7.52. The van der Waals surface area contributed by atoms with Gasteiger partial charge in [-0.15, -0.1) is 6.42 Å². The summed E-state index contributed by atoms with van der Waals surface area (Å²) < 4.78 is 44.5. The van der Waals surface area contributed by atoms with E-state index in [2.05, 4.69) is 36.9 Å². The first kappa shape index (κ1) is 29.5. The second-order valence-electron chi connectivity index (χ2n) is 10.3. The molecule has 7 nitrogen and oxygen atoms in total. The van der Waals surface area contributed by atoms with Crippen molar-refractivity contribution in [2.24, 2.45) is 5.73 Å². The second-order valence-corrected chi connectivity index (χ2v) is 11.2. The fourth-order valence-electron chi connectivity index (χ4n) is 4.75. The van der Waals surface area contributed by atoms with Crippen LogP contribution in [0.25, 0.3) is 22.3 Å². The first-order valence-electron chi connectivity index (χ1n) is 13.4. The molecule has 0 aliphatic carbocycles. The van der Waals surface area contributed by atoms with Gasteiger partial charge >= 0.3 is 0 Å². The Labute approximate surface area is 251 Å². The van der Waals surface area contributed by atoms with Crippen LogP contribution < -0.4 is 10.5 Å². The number of ether oxygens (including phenoxy) is 2. The molecule has 0 amide bonds. The van der Waals surface area contributed by atoms with E-state index in [0.29, 0.717) is 30.5 Å². The minimum absolute atomic E-state index is 0.00871. The summed E-state index contributed by atoms with van der Waals surface area (Å²) in [5, 5.41) is 5.40. The molecule has 0 radical (unpaired) electrons. The molecule has 3 N–H and O–H groups in total. The molecule has 0 saturated heterocycles. The maximum absolute atomic E-state index is 15.1. The lowest BCUT2D eigenvalue weighted by Crippen LogP contribution is -2.22. The van der Waals surface area contributed by atoms with E-state index in [1.165, 1.54) is 24.3 Å². The number of aromatic nitrogens is 4. The average Bonchev–Trinajstić information content (AvgIpc) is 3.64. The van der Waals surface area contributed by atoms with Gasteiger partial charge in [0.15, 0.2) is 17.4 Å². The van der Waals surface area contributed by atoms with Crippen LogP contribution in [-0.4, -0.2) is 32.0 Å². The summed E-state index contributed by atoms with van der Waals surface area (Å²) in [5.74, 6) is 1.90. The van der Waals surface area contributed by atoms with E-state index >= 15 is 8.78 Å². The normalized spacial score (nSPS) is 12.4. The van der Waals surface area contributed by atoms with Crippen LogP contribution in [0.4, 0.5) is 8.78 Å². The number of rotatable bonds is 11. The number of hydrogen-bond donors (Lipinski definition) is 2. The SMILES string of the molecule is C#CC(C)(C)OCCCC(c1cccc(Br)c1)n1cnc(-c2cc(Oc3c(F)cc4[nH]ccc4c3CN)ccc2F)n1. The summed E-state index contributed by atoms with van der Waals surface area (Å²) in [7, 11) is 0. The monoisotopic (exact) mass is 633 g/mol. The van der Waals surface area contributed by atoms with E-state index in [1.807, 2.05) is 38.1 Å². The van der Waals surface area contributed by atoms with E-state index in [-0.39, 0.29) is 35.5 Å². The lowest BCUT2D eigenvalue weighted by atomic mass is 10.0.